The minimum atomic E-state index is -1.29. The van der Waals surface area contributed by atoms with E-state index in [0.29, 0.717) is 32.7 Å². The van der Waals surface area contributed by atoms with Gasteiger partial charge < -0.3 is 33.5 Å². The Kier molecular flexibility index (Phi) is 7.08. The molecule has 1 aliphatic carbocycles. The van der Waals surface area contributed by atoms with Crippen molar-refractivity contribution in [3.63, 3.8) is 0 Å². The summed E-state index contributed by atoms with van der Waals surface area (Å²) in [5, 5.41) is 11.3. The van der Waals surface area contributed by atoms with Crippen molar-refractivity contribution in [2.75, 3.05) is 34.2 Å². The lowest BCUT2D eigenvalue weighted by molar-refractivity contribution is -0.237. The van der Waals surface area contributed by atoms with Crippen molar-refractivity contribution in [2.45, 2.75) is 56.4 Å². The molecule has 0 radical (unpaired) electrons. The Labute approximate surface area is 177 Å². The first-order valence-electron chi connectivity index (χ1n) is 10.7. The van der Waals surface area contributed by atoms with Crippen LogP contribution < -0.4 is 4.74 Å². The molecule has 3 aliphatic rings. The fourth-order valence-electron chi connectivity index (χ4n) is 4.74. The van der Waals surface area contributed by atoms with Crippen LogP contribution in [-0.2, 0) is 30.3 Å². The predicted molar refractivity (Wildman–Crippen MR) is 109 cm³/mol. The smallest absolute Gasteiger partial charge is 0.193 e. The van der Waals surface area contributed by atoms with Crippen LogP contribution in [0.4, 0.5) is 0 Å². The largest absolute Gasteiger partial charge is 0.497 e. The number of hydrogen-bond acceptors (Lipinski definition) is 7. The number of rotatable bonds is 10. The number of aliphatic hydroxyl groups is 1. The van der Waals surface area contributed by atoms with Gasteiger partial charge in [-0.15, -0.1) is 0 Å². The molecule has 1 aromatic carbocycles. The highest BCUT2D eigenvalue weighted by Gasteiger charge is 2.59. The van der Waals surface area contributed by atoms with Crippen molar-refractivity contribution in [1.29, 1.82) is 0 Å². The summed E-state index contributed by atoms with van der Waals surface area (Å²) in [6, 6.07) is 7.80. The fraction of sp³-hybridized carbons (Fsp3) is 0.652. The molecule has 0 spiro atoms. The van der Waals surface area contributed by atoms with E-state index in [2.05, 4.69) is 6.08 Å². The van der Waals surface area contributed by atoms with E-state index >= 15 is 0 Å². The number of ether oxygens (including phenoxy) is 6. The summed E-state index contributed by atoms with van der Waals surface area (Å²) in [6.07, 6.45) is 4.58. The summed E-state index contributed by atoms with van der Waals surface area (Å²) < 4.78 is 34.1. The second kappa shape index (κ2) is 9.77. The SMILES string of the molecule is COCCOCO[C@@H]1CC[C@]2(O)O[C@H]3C1=CCC[C@H]3[C@H]2OCc1ccc(OC)cc1. The molecule has 2 bridgehead atoms. The van der Waals surface area contributed by atoms with Crippen LogP contribution in [0.15, 0.2) is 35.9 Å². The highest BCUT2D eigenvalue weighted by Crippen LogP contribution is 2.50. The molecule has 166 valence electrons. The third kappa shape index (κ3) is 4.56. The Morgan fingerprint density at radius 1 is 1.10 bits per heavy atom. The molecule has 0 aromatic heterocycles. The van der Waals surface area contributed by atoms with Crippen LogP contribution in [0, 0.1) is 5.92 Å². The maximum Gasteiger partial charge on any atom is 0.193 e. The van der Waals surface area contributed by atoms with Crippen LogP contribution >= 0.6 is 0 Å². The number of methoxy groups -OCH3 is 2. The molecule has 7 heteroatoms. The second-order valence-electron chi connectivity index (χ2n) is 8.12. The lowest BCUT2D eigenvalue weighted by Gasteiger charge is -2.35. The van der Waals surface area contributed by atoms with Gasteiger partial charge in [0.2, 0.25) is 0 Å². The average Bonchev–Trinajstić information content (AvgIpc) is 2.97. The third-order valence-corrected chi connectivity index (χ3v) is 6.27. The van der Waals surface area contributed by atoms with Gasteiger partial charge in [0.25, 0.3) is 0 Å². The number of fused-ring (bicyclic) bond motifs is 1. The molecule has 2 aliphatic heterocycles. The lowest BCUT2D eigenvalue weighted by Crippen LogP contribution is -2.45. The Morgan fingerprint density at radius 2 is 1.93 bits per heavy atom. The standard InChI is InChI=1S/C23H32O7/c1-25-12-13-27-15-29-20-10-11-23(24)22(19-5-3-4-18(20)21(19)30-23)28-14-16-6-8-17(26-2)9-7-16/h4,6-9,19-22,24H,3,5,10-15H2,1-2H3/t19-,20-,21+,22-,23+/m1/s1. The molecule has 7 nitrogen and oxygen atoms in total. The normalized spacial score (nSPS) is 32.6. The van der Waals surface area contributed by atoms with E-state index in [1.165, 1.54) is 0 Å². The zero-order valence-corrected chi connectivity index (χ0v) is 17.7. The Bertz CT molecular complexity index is 719. The van der Waals surface area contributed by atoms with E-state index in [9.17, 15) is 5.11 Å². The molecule has 0 saturated carbocycles. The zero-order valence-electron chi connectivity index (χ0n) is 17.7. The monoisotopic (exact) mass is 420 g/mol. The predicted octanol–water partition coefficient (Wildman–Crippen LogP) is 2.80. The Balaban J connectivity index is 1.40. The molecule has 1 aromatic rings. The fourth-order valence-corrected chi connectivity index (χ4v) is 4.74. The highest BCUT2D eigenvalue weighted by atomic mass is 16.7. The van der Waals surface area contributed by atoms with Gasteiger partial charge in [-0.1, -0.05) is 18.2 Å². The number of hydrogen-bond donors (Lipinski definition) is 1. The lowest BCUT2D eigenvalue weighted by atomic mass is 9.77. The van der Waals surface area contributed by atoms with Crippen molar-refractivity contribution in [3.05, 3.63) is 41.5 Å². The highest BCUT2D eigenvalue weighted by molar-refractivity contribution is 5.27. The molecular weight excluding hydrogens is 388 g/mol. The van der Waals surface area contributed by atoms with Crippen LogP contribution in [0.3, 0.4) is 0 Å². The van der Waals surface area contributed by atoms with Crippen LogP contribution in [-0.4, -0.2) is 63.4 Å². The van der Waals surface area contributed by atoms with Crippen LogP contribution in [0.2, 0.25) is 0 Å². The van der Waals surface area contributed by atoms with Crippen molar-refractivity contribution >= 4 is 0 Å². The van der Waals surface area contributed by atoms with Gasteiger partial charge in [0.15, 0.2) is 5.79 Å². The molecule has 4 rings (SSSR count). The zero-order chi connectivity index (χ0) is 21.0. The molecule has 2 heterocycles. The maximum atomic E-state index is 11.3. The summed E-state index contributed by atoms with van der Waals surface area (Å²) >= 11 is 0. The maximum absolute atomic E-state index is 11.3. The van der Waals surface area contributed by atoms with Crippen LogP contribution in [0.5, 0.6) is 5.75 Å². The molecule has 30 heavy (non-hydrogen) atoms. The van der Waals surface area contributed by atoms with Gasteiger partial charge in [-0.25, -0.2) is 0 Å². The molecule has 2 fully saturated rings. The first kappa shape index (κ1) is 21.7. The minimum Gasteiger partial charge on any atom is -0.497 e. The van der Waals surface area contributed by atoms with E-state index in [0.717, 1.165) is 29.7 Å². The summed E-state index contributed by atoms with van der Waals surface area (Å²) in [7, 11) is 3.29. The Hall–Kier alpha value is -1.48. The van der Waals surface area contributed by atoms with Gasteiger partial charge >= 0.3 is 0 Å². The quantitative estimate of drug-likeness (QED) is 0.354. The van der Waals surface area contributed by atoms with E-state index in [1.807, 2.05) is 24.3 Å². The van der Waals surface area contributed by atoms with Crippen molar-refractivity contribution in [1.82, 2.24) is 0 Å². The molecule has 1 N–H and O–H groups in total. The van der Waals surface area contributed by atoms with E-state index in [4.69, 9.17) is 28.4 Å². The molecular formula is C23H32O7. The molecule has 0 unspecified atom stereocenters. The van der Waals surface area contributed by atoms with Crippen molar-refractivity contribution in [3.8, 4) is 5.75 Å². The summed E-state index contributed by atoms with van der Waals surface area (Å²) in [5.41, 5.74) is 2.16. The van der Waals surface area contributed by atoms with Gasteiger partial charge in [-0.05, 0) is 42.5 Å². The molecule has 5 atom stereocenters. The van der Waals surface area contributed by atoms with Gasteiger partial charge in [0, 0.05) is 19.4 Å². The van der Waals surface area contributed by atoms with E-state index < -0.39 is 5.79 Å². The minimum absolute atomic E-state index is 0.100. The van der Waals surface area contributed by atoms with Crippen molar-refractivity contribution in [2.24, 2.45) is 5.92 Å². The van der Waals surface area contributed by atoms with E-state index in [-0.39, 0.29) is 31.0 Å². The van der Waals surface area contributed by atoms with Crippen LogP contribution in [0.1, 0.15) is 31.2 Å². The van der Waals surface area contributed by atoms with Gasteiger partial charge in [-0.2, -0.15) is 0 Å². The number of benzene rings is 1. The third-order valence-electron chi connectivity index (χ3n) is 6.27. The average molecular weight is 421 g/mol. The topological polar surface area (TPSA) is 75.6 Å². The Morgan fingerprint density at radius 3 is 2.70 bits per heavy atom. The van der Waals surface area contributed by atoms with Crippen LogP contribution in [0.25, 0.3) is 0 Å². The summed E-state index contributed by atoms with van der Waals surface area (Å²) in [6.45, 7) is 1.67. The van der Waals surface area contributed by atoms with Gasteiger partial charge in [-0.3, -0.25) is 0 Å². The molecule has 0 amide bonds. The number of allylic oxidation sites excluding steroid dienone is 1. The van der Waals surface area contributed by atoms with Gasteiger partial charge in [0.05, 0.1) is 39.1 Å². The second-order valence-corrected chi connectivity index (χ2v) is 8.12. The first-order valence-corrected chi connectivity index (χ1v) is 10.7. The summed E-state index contributed by atoms with van der Waals surface area (Å²) in [4.78, 5) is 0. The van der Waals surface area contributed by atoms with E-state index in [1.54, 1.807) is 14.2 Å². The summed E-state index contributed by atoms with van der Waals surface area (Å²) in [5.74, 6) is -0.359. The van der Waals surface area contributed by atoms with Crippen molar-refractivity contribution < 1.29 is 33.5 Å². The van der Waals surface area contributed by atoms with Gasteiger partial charge in [0.1, 0.15) is 18.6 Å². The first-order chi connectivity index (χ1) is 14.6. The molecule has 2 saturated heterocycles.